The predicted molar refractivity (Wildman–Crippen MR) is 122 cm³/mol. The van der Waals surface area contributed by atoms with Gasteiger partial charge in [0.15, 0.2) is 6.10 Å². The molecular formula is C24H23N3O2S. The number of nitrogens with zero attached hydrogens (tertiary/aromatic N) is 2. The van der Waals surface area contributed by atoms with Crippen molar-refractivity contribution in [3.8, 4) is 16.3 Å². The minimum atomic E-state index is -0.625. The van der Waals surface area contributed by atoms with Crippen LogP contribution in [-0.2, 0) is 4.79 Å². The van der Waals surface area contributed by atoms with Crippen molar-refractivity contribution in [3.05, 3.63) is 71.4 Å². The zero-order chi connectivity index (χ0) is 21.3. The first-order chi connectivity index (χ1) is 14.4. The lowest BCUT2D eigenvalue weighted by Gasteiger charge is -2.18. The molecule has 1 N–H and O–H groups in total. The van der Waals surface area contributed by atoms with Gasteiger partial charge < -0.3 is 10.1 Å². The van der Waals surface area contributed by atoms with Crippen LogP contribution in [0.3, 0.4) is 0 Å². The molecule has 0 spiro atoms. The van der Waals surface area contributed by atoms with Crippen LogP contribution >= 0.6 is 11.3 Å². The number of nitrogens with one attached hydrogen (secondary N) is 1. The molecular weight excluding hydrogens is 394 g/mol. The van der Waals surface area contributed by atoms with Crippen LogP contribution in [0.2, 0.25) is 0 Å². The Morgan fingerprint density at radius 2 is 1.90 bits per heavy atom. The molecule has 0 fully saturated rings. The molecule has 0 saturated carbocycles. The van der Waals surface area contributed by atoms with Gasteiger partial charge in [-0.2, -0.15) is 0 Å². The molecule has 0 radical (unpaired) electrons. The number of anilines is 1. The number of hydrogen-bond donors (Lipinski definition) is 1. The van der Waals surface area contributed by atoms with Gasteiger partial charge in [0.2, 0.25) is 0 Å². The Morgan fingerprint density at radius 3 is 2.70 bits per heavy atom. The fraction of sp³-hybridized carbons (Fsp3) is 0.208. The van der Waals surface area contributed by atoms with Gasteiger partial charge in [0.1, 0.15) is 21.1 Å². The SMILES string of the molecule is Cc1ccc(-c2nc3cccnc3s2)cc1NC(=O)C(C)Oc1cccc(C)c1C. The standard InChI is InChI=1S/C24H23N3O2S/c1-14-7-5-9-21(16(14)3)29-17(4)22(28)26-20-13-18(11-10-15(20)2)23-27-19-8-6-12-25-24(19)30-23/h5-13,17H,1-4H3,(H,26,28). The Bertz CT molecular complexity index is 1200. The summed E-state index contributed by atoms with van der Waals surface area (Å²) in [5.41, 5.74) is 5.72. The molecule has 2 aromatic heterocycles. The smallest absolute Gasteiger partial charge is 0.265 e. The summed E-state index contributed by atoms with van der Waals surface area (Å²) in [6.07, 6.45) is 1.14. The molecule has 0 saturated heterocycles. The number of carbonyl (C=O) groups excluding carboxylic acids is 1. The lowest BCUT2D eigenvalue weighted by atomic mass is 10.1. The Kier molecular flexibility index (Phi) is 5.50. The highest BCUT2D eigenvalue weighted by atomic mass is 32.1. The number of hydrogen-bond acceptors (Lipinski definition) is 5. The third-order valence-corrected chi connectivity index (χ3v) is 6.16. The van der Waals surface area contributed by atoms with E-state index in [1.807, 2.05) is 69.3 Å². The number of aromatic nitrogens is 2. The van der Waals surface area contributed by atoms with Crippen molar-refractivity contribution >= 4 is 33.3 Å². The molecule has 4 aromatic rings. The summed E-state index contributed by atoms with van der Waals surface area (Å²) in [5.74, 6) is 0.534. The zero-order valence-corrected chi connectivity index (χ0v) is 18.2. The molecule has 1 unspecified atom stereocenters. The zero-order valence-electron chi connectivity index (χ0n) is 17.4. The molecule has 0 aliphatic heterocycles. The summed E-state index contributed by atoms with van der Waals surface area (Å²) in [6, 6.07) is 15.6. The minimum absolute atomic E-state index is 0.192. The Hall–Kier alpha value is -3.25. The first-order valence-electron chi connectivity index (χ1n) is 9.78. The lowest BCUT2D eigenvalue weighted by Crippen LogP contribution is -2.30. The number of ether oxygens (including phenoxy) is 1. The summed E-state index contributed by atoms with van der Waals surface area (Å²) in [4.78, 5) is 22.7. The van der Waals surface area contributed by atoms with Crippen LogP contribution in [0, 0.1) is 20.8 Å². The number of thiazole rings is 1. The van der Waals surface area contributed by atoms with Crippen LogP contribution in [0.15, 0.2) is 54.7 Å². The highest BCUT2D eigenvalue weighted by Gasteiger charge is 2.18. The van der Waals surface area contributed by atoms with E-state index in [1.54, 1.807) is 13.1 Å². The molecule has 2 heterocycles. The maximum absolute atomic E-state index is 12.8. The predicted octanol–water partition coefficient (Wildman–Crippen LogP) is 5.69. The van der Waals surface area contributed by atoms with Gasteiger partial charge in [-0.05, 0) is 68.7 Å². The topological polar surface area (TPSA) is 64.1 Å². The van der Waals surface area contributed by atoms with E-state index < -0.39 is 6.10 Å². The molecule has 4 rings (SSSR count). The number of fused-ring (bicyclic) bond motifs is 1. The Balaban J connectivity index is 1.54. The van der Waals surface area contributed by atoms with Crippen LogP contribution in [0.5, 0.6) is 5.75 Å². The monoisotopic (exact) mass is 417 g/mol. The number of carbonyl (C=O) groups is 1. The van der Waals surface area contributed by atoms with Crippen molar-refractivity contribution in [1.82, 2.24) is 9.97 Å². The van der Waals surface area contributed by atoms with Crippen molar-refractivity contribution in [3.63, 3.8) is 0 Å². The van der Waals surface area contributed by atoms with Crippen LogP contribution in [0.25, 0.3) is 20.9 Å². The van der Waals surface area contributed by atoms with Crippen LogP contribution in [0.4, 0.5) is 5.69 Å². The highest BCUT2D eigenvalue weighted by Crippen LogP contribution is 2.31. The maximum Gasteiger partial charge on any atom is 0.265 e. The van der Waals surface area contributed by atoms with Crippen LogP contribution < -0.4 is 10.1 Å². The largest absolute Gasteiger partial charge is 0.481 e. The number of pyridine rings is 1. The van der Waals surface area contributed by atoms with Gasteiger partial charge in [-0.3, -0.25) is 4.79 Å². The normalized spacial score (nSPS) is 12.0. The van der Waals surface area contributed by atoms with Gasteiger partial charge in [0.05, 0.1) is 0 Å². The maximum atomic E-state index is 12.8. The van der Waals surface area contributed by atoms with Crippen molar-refractivity contribution < 1.29 is 9.53 Å². The quantitative estimate of drug-likeness (QED) is 0.453. The van der Waals surface area contributed by atoms with Gasteiger partial charge >= 0.3 is 0 Å². The molecule has 1 atom stereocenters. The molecule has 5 nitrogen and oxygen atoms in total. The van der Waals surface area contributed by atoms with E-state index >= 15 is 0 Å². The van der Waals surface area contributed by atoms with Crippen LogP contribution in [0.1, 0.15) is 23.6 Å². The molecule has 0 aliphatic carbocycles. The average molecular weight is 418 g/mol. The summed E-state index contributed by atoms with van der Waals surface area (Å²) in [5, 5.41) is 3.88. The third kappa shape index (κ3) is 4.04. The molecule has 1 amide bonds. The Labute approximate surface area is 179 Å². The summed E-state index contributed by atoms with van der Waals surface area (Å²) < 4.78 is 5.92. The van der Waals surface area contributed by atoms with E-state index in [9.17, 15) is 4.79 Å². The van der Waals surface area contributed by atoms with Crippen molar-refractivity contribution in [2.75, 3.05) is 5.32 Å². The second kappa shape index (κ2) is 8.24. The number of aryl methyl sites for hydroxylation is 2. The lowest BCUT2D eigenvalue weighted by molar-refractivity contribution is -0.122. The van der Waals surface area contributed by atoms with Crippen molar-refractivity contribution in [2.24, 2.45) is 0 Å². The Morgan fingerprint density at radius 1 is 1.07 bits per heavy atom. The van der Waals surface area contributed by atoms with Gasteiger partial charge in [0.25, 0.3) is 5.91 Å². The average Bonchev–Trinajstić information content (AvgIpc) is 3.17. The van der Waals surface area contributed by atoms with E-state index in [2.05, 4.69) is 15.3 Å². The first-order valence-corrected chi connectivity index (χ1v) is 10.6. The molecule has 152 valence electrons. The molecule has 6 heteroatoms. The highest BCUT2D eigenvalue weighted by molar-refractivity contribution is 7.21. The van der Waals surface area contributed by atoms with Gasteiger partial charge in [-0.25, -0.2) is 9.97 Å². The van der Waals surface area contributed by atoms with Crippen molar-refractivity contribution in [1.29, 1.82) is 0 Å². The molecule has 0 bridgehead atoms. The summed E-state index contributed by atoms with van der Waals surface area (Å²) >= 11 is 1.54. The minimum Gasteiger partial charge on any atom is -0.481 e. The third-order valence-electron chi connectivity index (χ3n) is 5.14. The molecule has 30 heavy (non-hydrogen) atoms. The van der Waals surface area contributed by atoms with Gasteiger partial charge in [-0.15, -0.1) is 0 Å². The van der Waals surface area contributed by atoms with E-state index in [1.165, 1.54) is 11.3 Å². The van der Waals surface area contributed by atoms with Gasteiger partial charge in [0, 0.05) is 17.4 Å². The van der Waals surface area contributed by atoms with Gasteiger partial charge in [-0.1, -0.05) is 35.6 Å². The second-order valence-electron chi connectivity index (χ2n) is 7.32. The van der Waals surface area contributed by atoms with Crippen LogP contribution in [-0.4, -0.2) is 22.0 Å². The van der Waals surface area contributed by atoms with E-state index in [0.29, 0.717) is 0 Å². The number of amides is 1. The fourth-order valence-corrected chi connectivity index (χ4v) is 4.02. The second-order valence-corrected chi connectivity index (χ2v) is 8.30. The molecule has 0 aliphatic rings. The number of benzene rings is 2. The fourth-order valence-electron chi connectivity index (χ4n) is 3.11. The number of rotatable bonds is 5. The summed E-state index contributed by atoms with van der Waals surface area (Å²) in [7, 11) is 0. The molecule has 2 aromatic carbocycles. The van der Waals surface area contributed by atoms with E-state index in [-0.39, 0.29) is 5.91 Å². The van der Waals surface area contributed by atoms with Crippen molar-refractivity contribution in [2.45, 2.75) is 33.8 Å². The summed E-state index contributed by atoms with van der Waals surface area (Å²) in [6.45, 7) is 7.75. The first kappa shape index (κ1) is 20.0. The van der Waals surface area contributed by atoms with E-state index in [4.69, 9.17) is 4.74 Å². The van der Waals surface area contributed by atoms with E-state index in [0.717, 1.165) is 49.0 Å².